The molecule has 0 aliphatic rings. The number of rotatable bonds is 0. The van der Waals surface area contributed by atoms with Crippen LogP contribution in [-0.4, -0.2) is 0 Å². The lowest BCUT2D eigenvalue weighted by Crippen LogP contribution is -1.78. The predicted molar refractivity (Wildman–Crippen MR) is 37.3 cm³/mol. The summed E-state index contributed by atoms with van der Waals surface area (Å²) in [6.45, 7) is 5.98. The van der Waals surface area contributed by atoms with Gasteiger partial charge >= 0.3 is 11.5 Å². The molecular formula is C8H11O+. The van der Waals surface area contributed by atoms with Gasteiger partial charge in [0, 0.05) is 12.1 Å². The van der Waals surface area contributed by atoms with Crippen molar-refractivity contribution >= 4 is 0 Å². The van der Waals surface area contributed by atoms with Gasteiger partial charge in [0.25, 0.3) is 0 Å². The summed E-state index contributed by atoms with van der Waals surface area (Å²) in [5.74, 6) is 1.96. The van der Waals surface area contributed by atoms with Crippen molar-refractivity contribution in [2.24, 2.45) is 0 Å². The fraction of sp³-hybridized carbons (Fsp3) is 0.375. The molecule has 48 valence electrons. The Balaban J connectivity index is 3.17. The molecule has 0 saturated carbocycles. The Morgan fingerprint density at radius 2 is 1.44 bits per heavy atom. The normalized spacial score (nSPS) is 9.67. The summed E-state index contributed by atoms with van der Waals surface area (Å²) < 4.78 is 5.26. The molecule has 1 rings (SSSR count). The molecule has 0 radical (unpaired) electrons. The maximum atomic E-state index is 5.26. The van der Waals surface area contributed by atoms with E-state index in [9.17, 15) is 0 Å². The molecule has 0 spiro atoms. The van der Waals surface area contributed by atoms with E-state index in [0.717, 1.165) is 11.5 Å². The molecule has 1 heteroatoms. The summed E-state index contributed by atoms with van der Waals surface area (Å²) in [6.07, 6.45) is 0. The third-order valence-corrected chi connectivity index (χ3v) is 1.18. The van der Waals surface area contributed by atoms with Crippen molar-refractivity contribution in [3.05, 3.63) is 29.2 Å². The molecule has 0 bridgehead atoms. The van der Waals surface area contributed by atoms with Crippen LogP contribution in [0, 0.1) is 20.8 Å². The third kappa shape index (κ3) is 1.53. The number of hydrogen-bond acceptors (Lipinski definition) is 0. The number of aryl methyl sites for hydroxylation is 3. The summed E-state index contributed by atoms with van der Waals surface area (Å²) >= 11 is 0. The van der Waals surface area contributed by atoms with Gasteiger partial charge in [-0.05, 0) is 12.5 Å². The highest BCUT2D eigenvalue weighted by Gasteiger charge is 2.03. The first kappa shape index (κ1) is 6.27. The van der Waals surface area contributed by atoms with Gasteiger partial charge in [-0.3, -0.25) is 0 Å². The Bertz CT molecular complexity index is 165. The summed E-state index contributed by atoms with van der Waals surface area (Å²) in [4.78, 5) is 0. The first-order valence-electron chi connectivity index (χ1n) is 3.06. The van der Waals surface area contributed by atoms with Crippen LogP contribution in [0.15, 0.2) is 16.5 Å². The van der Waals surface area contributed by atoms with Gasteiger partial charge in [0.1, 0.15) is 0 Å². The largest absolute Gasteiger partial charge is 0.326 e. The van der Waals surface area contributed by atoms with Crippen LogP contribution in [0.3, 0.4) is 0 Å². The molecule has 0 N–H and O–H groups in total. The summed E-state index contributed by atoms with van der Waals surface area (Å²) in [7, 11) is 0. The van der Waals surface area contributed by atoms with E-state index in [-0.39, 0.29) is 0 Å². The Labute approximate surface area is 55.3 Å². The molecule has 0 aromatic carbocycles. The topological polar surface area (TPSA) is 11.3 Å². The Kier molecular flexibility index (Phi) is 1.52. The second-order valence-corrected chi connectivity index (χ2v) is 2.36. The summed E-state index contributed by atoms with van der Waals surface area (Å²) in [5, 5.41) is 0. The van der Waals surface area contributed by atoms with Crippen molar-refractivity contribution in [1.82, 2.24) is 0 Å². The molecule has 0 aliphatic heterocycles. The number of hydrogen-bond donors (Lipinski definition) is 0. The summed E-state index contributed by atoms with van der Waals surface area (Å²) in [5.41, 5.74) is 1.26. The fourth-order valence-corrected chi connectivity index (χ4v) is 0.996. The van der Waals surface area contributed by atoms with E-state index in [1.807, 2.05) is 26.0 Å². The summed E-state index contributed by atoms with van der Waals surface area (Å²) in [6, 6.07) is 4.04. The van der Waals surface area contributed by atoms with Crippen LogP contribution in [0.25, 0.3) is 0 Å². The van der Waals surface area contributed by atoms with Crippen molar-refractivity contribution in [1.29, 1.82) is 0 Å². The van der Waals surface area contributed by atoms with Crippen molar-refractivity contribution in [3.63, 3.8) is 0 Å². The molecule has 9 heavy (non-hydrogen) atoms. The van der Waals surface area contributed by atoms with Crippen LogP contribution < -0.4 is 0 Å². The van der Waals surface area contributed by atoms with E-state index in [2.05, 4.69) is 6.92 Å². The quantitative estimate of drug-likeness (QED) is 0.387. The van der Waals surface area contributed by atoms with Gasteiger partial charge in [0.15, 0.2) is 0 Å². The van der Waals surface area contributed by atoms with E-state index >= 15 is 0 Å². The van der Waals surface area contributed by atoms with Gasteiger partial charge in [0.05, 0.1) is 13.8 Å². The minimum absolute atomic E-state index is 0.979. The van der Waals surface area contributed by atoms with E-state index in [1.54, 1.807) is 0 Å². The zero-order valence-electron chi connectivity index (χ0n) is 6.06. The minimum Gasteiger partial charge on any atom is -0.218 e. The molecular weight excluding hydrogens is 118 g/mol. The van der Waals surface area contributed by atoms with Crippen molar-refractivity contribution < 1.29 is 4.42 Å². The highest BCUT2D eigenvalue weighted by molar-refractivity contribution is 5.14. The molecule has 0 amide bonds. The monoisotopic (exact) mass is 129 g/mol. The maximum absolute atomic E-state index is 5.26. The molecule has 1 heterocycles. The van der Waals surface area contributed by atoms with Crippen molar-refractivity contribution in [2.75, 3.05) is 0 Å². The standard InChI is InChI=1S/C8H11O/c1-6-4-7(2)9-8(3)5-6/h4-5H,1-3H3/q+1/i1+1,2+1,3+1,4+1,6+1,7+1. The van der Waals surface area contributed by atoms with Gasteiger partial charge in [-0.15, -0.1) is 0 Å². The third-order valence-electron chi connectivity index (χ3n) is 1.18. The van der Waals surface area contributed by atoms with E-state index in [4.69, 9.17) is 4.42 Å². The molecule has 0 saturated heterocycles. The van der Waals surface area contributed by atoms with Crippen LogP contribution in [0.5, 0.6) is 0 Å². The molecule has 1 aromatic heterocycles. The van der Waals surface area contributed by atoms with Crippen molar-refractivity contribution in [2.45, 2.75) is 20.8 Å². The highest BCUT2D eigenvalue weighted by atomic mass is 16.4. The van der Waals surface area contributed by atoms with Gasteiger partial charge in [0.2, 0.25) is 0 Å². The second kappa shape index (κ2) is 2.18. The average Bonchev–Trinajstić information content (AvgIpc) is 1.59. The minimum atomic E-state index is 0.979. The van der Waals surface area contributed by atoms with Gasteiger partial charge in [-0.1, -0.05) is 0 Å². The van der Waals surface area contributed by atoms with Crippen LogP contribution in [0.2, 0.25) is 0 Å². The molecule has 1 nitrogen and oxygen atoms in total. The Morgan fingerprint density at radius 3 is 1.78 bits per heavy atom. The van der Waals surface area contributed by atoms with Crippen LogP contribution in [0.4, 0.5) is 0 Å². The zero-order valence-corrected chi connectivity index (χ0v) is 6.06. The lowest BCUT2D eigenvalue weighted by atomic mass is 10.7. The van der Waals surface area contributed by atoms with Crippen LogP contribution in [0.1, 0.15) is 17.1 Å². The Morgan fingerprint density at radius 1 is 1.00 bits per heavy atom. The molecule has 0 aliphatic carbocycles. The zero-order chi connectivity index (χ0) is 6.85. The first-order valence-corrected chi connectivity index (χ1v) is 3.06. The molecule has 0 fully saturated rings. The van der Waals surface area contributed by atoms with E-state index < -0.39 is 0 Å². The average molecular weight is 129 g/mol. The van der Waals surface area contributed by atoms with Gasteiger partial charge in [-0.2, -0.15) is 0 Å². The molecule has 0 unspecified atom stereocenters. The lowest BCUT2D eigenvalue weighted by Gasteiger charge is -1.84. The highest BCUT2D eigenvalue weighted by Crippen LogP contribution is 2.06. The maximum Gasteiger partial charge on any atom is 0.326 e. The van der Waals surface area contributed by atoms with Crippen LogP contribution >= 0.6 is 0 Å². The molecule has 1 aromatic rings. The first-order chi connectivity index (χ1) is 4.18. The molecule has 0 atom stereocenters. The van der Waals surface area contributed by atoms with E-state index in [0.29, 0.717) is 0 Å². The predicted octanol–water partition coefficient (Wildman–Crippen LogP) is 2.49. The smallest absolute Gasteiger partial charge is 0.218 e. The van der Waals surface area contributed by atoms with Crippen molar-refractivity contribution in [3.8, 4) is 0 Å². The Hall–Kier alpha value is -0.850. The van der Waals surface area contributed by atoms with E-state index in [1.165, 1.54) is 5.56 Å². The lowest BCUT2D eigenvalue weighted by molar-refractivity contribution is 0.484. The second-order valence-electron chi connectivity index (χ2n) is 2.36. The fourth-order valence-electron chi connectivity index (χ4n) is 0.996. The van der Waals surface area contributed by atoms with Gasteiger partial charge in [-0.25, -0.2) is 4.42 Å². The van der Waals surface area contributed by atoms with Gasteiger partial charge < -0.3 is 0 Å². The SMILES string of the molecule is [13CH3]c1c[13c]([13CH3])[13cH][13c]([13CH3])[o+]1. The van der Waals surface area contributed by atoms with Crippen LogP contribution in [-0.2, 0) is 0 Å².